The molecule has 0 saturated carbocycles. The van der Waals surface area contributed by atoms with Gasteiger partial charge in [-0.15, -0.1) is 12.3 Å². The number of aryl methyl sites for hydroxylation is 2. The molecule has 1 aromatic heterocycles. The summed E-state index contributed by atoms with van der Waals surface area (Å²) in [7, 11) is 1.80. The Bertz CT molecular complexity index is 530. The Morgan fingerprint density at radius 1 is 1.60 bits per heavy atom. The molecular formula is C13H18N4O3. The van der Waals surface area contributed by atoms with Crippen LogP contribution in [0.25, 0.3) is 0 Å². The summed E-state index contributed by atoms with van der Waals surface area (Å²) in [4.78, 5) is 22.5. The molecular weight excluding hydrogens is 260 g/mol. The molecule has 7 nitrogen and oxygen atoms in total. The first-order valence-electron chi connectivity index (χ1n) is 6.20. The smallest absolute Gasteiger partial charge is 0.327 e. The Hall–Kier alpha value is -2.49. The van der Waals surface area contributed by atoms with E-state index in [9.17, 15) is 9.59 Å². The lowest BCUT2D eigenvalue weighted by Crippen LogP contribution is -2.45. The van der Waals surface area contributed by atoms with Crippen molar-refractivity contribution in [3.05, 3.63) is 17.5 Å². The third-order valence-electron chi connectivity index (χ3n) is 2.69. The van der Waals surface area contributed by atoms with Crippen LogP contribution in [0, 0.1) is 12.3 Å². The maximum atomic E-state index is 11.6. The number of hydrogen-bond acceptors (Lipinski definition) is 3. The Labute approximate surface area is 117 Å². The summed E-state index contributed by atoms with van der Waals surface area (Å²) in [5.41, 5.74) is 1.79. The molecule has 1 atom stereocenters. The fraction of sp³-hybridized carbons (Fsp3) is 0.462. The van der Waals surface area contributed by atoms with Crippen molar-refractivity contribution in [2.24, 2.45) is 7.05 Å². The number of hydrogen-bond donors (Lipinski definition) is 3. The van der Waals surface area contributed by atoms with Crippen LogP contribution in [0.1, 0.15) is 24.6 Å². The molecule has 0 aliphatic heterocycles. The molecule has 1 unspecified atom stereocenters. The number of nitrogens with one attached hydrogen (secondary N) is 2. The summed E-state index contributed by atoms with van der Waals surface area (Å²) in [6.45, 7) is 2.25. The number of carboxylic acid groups (broad SMARTS) is 1. The first-order chi connectivity index (χ1) is 9.47. The van der Waals surface area contributed by atoms with Crippen LogP contribution in [0.15, 0.2) is 6.20 Å². The molecule has 0 saturated heterocycles. The average molecular weight is 278 g/mol. The number of carbonyl (C=O) groups excluding carboxylic acids is 1. The van der Waals surface area contributed by atoms with Gasteiger partial charge in [0.1, 0.15) is 6.04 Å². The van der Waals surface area contributed by atoms with Gasteiger partial charge in [0.05, 0.1) is 5.69 Å². The van der Waals surface area contributed by atoms with Crippen LogP contribution >= 0.6 is 0 Å². The zero-order valence-corrected chi connectivity index (χ0v) is 11.5. The van der Waals surface area contributed by atoms with E-state index in [4.69, 9.17) is 11.5 Å². The second-order valence-corrected chi connectivity index (χ2v) is 4.25. The quantitative estimate of drug-likeness (QED) is 0.650. The summed E-state index contributed by atoms with van der Waals surface area (Å²) < 4.78 is 1.67. The molecule has 1 heterocycles. The minimum Gasteiger partial charge on any atom is -0.480 e. The summed E-state index contributed by atoms with van der Waals surface area (Å²) in [5, 5.41) is 18.0. The van der Waals surface area contributed by atoms with Gasteiger partial charge < -0.3 is 15.7 Å². The molecule has 0 aliphatic rings. The molecule has 1 rings (SSSR count). The molecule has 0 spiro atoms. The first-order valence-corrected chi connectivity index (χ1v) is 6.20. The van der Waals surface area contributed by atoms with Gasteiger partial charge in [0.15, 0.2) is 0 Å². The van der Waals surface area contributed by atoms with Gasteiger partial charge in [-0.1, -0.05) is 6.92 Å². The summed E-state index contributed by atoms with van der Waals surface area (Å²) in [6, 6.07) is -1.65. The van der Waals surface area contributed by atoms with Gasteiger partial charge in [0.2, 0.25) is 0 Å². The molecule has 7 heteroatoms. The molecule has 0 aliphatic carbocycles. The van der Waals surface area contributed by atoms with Crippen molar-refractivity contribution < 1.29 is 14.7 Å². The average Bonchev–Trinajstić information content (AvgIpc) is 2.76. The summed E-state index contributed by atoms with van der Waals surface area (Å²) >= 11 is 0. The monoisotopic (exact) mass is 278 g/mol. The number of carboxylic acids is 1. The van der Waals surface area contributed by atoms with Crippen molar-refractivity contribution in [3.63, 3.8) is 0 Å². The molecule has 20 heavy (non-hydrogen) atoms. The Morgan fingerprint density at radius 3 is 2.85 bits per heavy atom. The van der Waals surface area contributed by atoms with Crippen LogP contribution in [0.5, 0.6) is 0 Å². The van der Waals surface area contributed by atoms with Crippen molar-refractivity contribution in [1.29, 1.82) is 0 Å². The zero-order valence-electron chi connectivity index (χ0n) is 11.5. The normalized spacial score (nSPS) is 11.4. The molecule has 1 aromatic rings. The van der Waals surface area contributed by atoms with Crippen LogP contribution in [0.2, 0.25) is 0 Å². The van der Waals surface area contributed by atoms with Crippen molar-refractivity contribution in [2.75, 3.05) is 0 Å². The molecule has 2 amide bonds. The zero-order chi connectivity index (χ0) is 15.1. The SMILES string of the molecule is C#CCC(NC(=O)NCc1cn(C)nc1CC)C(=O)O. The van der Waals surface area contributed by atoms with Gasteiger partial charge in [0.25, 0.3) is 0 Å². The van der Waals surface area contributed by atoms with E-state index in [0.29, 0.717) is 0 Å². The van der Waals surface area contributed by atoms with E-state index in [2.05, 4.69) is 21.7 Å². The molecule has 0 radical (unpaired) electrons. The predicted octanol–water partition coefficient (Wildman–Crippen LogP) is 0.258. The van der Waals surface area contributed by atoms with Crippen molar-refractivity contribution in [2.45, 2.75) is 32.4 Å². The summed E-state index contributed by atoms with van der Waals surface area (Å²) in [5.74, 6) is 1.05. The van der Waals surface area contributed by atoms with Gasteiger partial charge in [-0.05, 0) is 6.42 Å². The Morgan fingerprint density at radius 2 is 2.30 bits per heavy atom. The number of terminal acetylenes is 1. The fourth-order valence-electron chi connectivity index (χ4n) is 1.73. The topological polar surface area (TPSA) is 96.3 Å². The highest BCUT2D eigenvalue weighted by atomic mass is 16.4. The van der Waals surface area contributed by atoms with Crippen LogP contribution in [0.3, 0.4) is 0 Å². The molecule has 0 bridgehead atoms. The van der Waals surface area contributed by atoms with Crippen LogP contribution in [-0.2, 0) is 24.8 Å². The van der Waals surface area contributed by atoms with Gasteiger partial charge >= 0.3 is 12.0 Å². The van der Waals surface area contributed by atoms with Gasteiger partial charge in [-0.25, -0.2) is 9.59 Å². The third kappa shape index (κ3) is 4.31. The standard InChI is InChI=1S/C13H18N4O3/c1-4-6-11(12(18)19)15-13(20)14-7-9-8-17(3)16-10(9)5-2/h1,8,11H,5-7H2,2-3H3,(H,18,19)(H2,14,15,20). The predicted molar refractivity (Wildman–Crippen MR) is 72.8 cm³/mol. The minimum atomic E-state index is -1.16. The van der Waals surface area contributed by atoms with E-state index in [-0.39, 0.29) is 13.0 Å². The highest BCUT2D eigenvalue weighted by Crippen LogP contribution is 2.06. The maximum Gasteiger partial charge on any atom is 0.327 e. The highest BCUT2D eigenvalue weighted by molar-refractivity contribution is 5.82. The molecule has 0 aromatic carbocycles. The number of carbonyl (C=O) groups is 2. The first kappa shape index (κ1) is 15.6. The third-order valence-corrected chi connectivity index (χ3v) is 2.69. The van der Waals surface area contributed by atoms with Crippen LogP contribution in [-0.4, -0.2) is 32.9 Å². The minimum absolute atomic E-state index is 0.0597. The highest BCUT2D eigenvalue weighted by Gasteiger charge is 2.18. The van der Waals surface area contributed by atoms with E-state index >= 15 is 0 Å². The van der Waals surface area contributed by atoms with Crippen molar-refractivity contribution >= 4 is 12.0 Å². The lowest BCUT2D eigenvalue weighted by molar-refractivity contribution is -0.139. The summed E-state index contributed by atoms with van der Waals surface area (Å²) in [6.07, 6.45) is 7.57. The number of aromatic nitrogens is 2. The van der Waals surface area contributed by atoms with E-state index < -0.39 is 18.0 Å². The van der Waals surface area contributed by atoms with Gasteiger partial charge in [-0.2, -0.15) is 5.10 Å². The lowest BCUT2D eigenvalue weighted by atomic mass is 10.2. The fourth-order valence-corrected chi connectivity index (χ4v) is 1.73. The lowest BCUT2D eigenvalue weighted by Gasteiger charge is -2.12. The van der Waals surface area contributed by atoms with E-state index in [1.54, 1.807) is 11.7 Å². The number of urea groups is 1. The molecule has 108 valence electrons. The Kier molecular flexibility index (Phi) is 5.59. The Balaban J connectivity index is 2.54. The van der Waals surface area contributed by atoms with E-state index in [1.165, 1.54) is 0 Å². The second kappa shape index (κ2) is 7.19. The van der Waals surface area contributed by atoms with Crippen molar-refractivity contribution in [1.82, 2.24) is 20.4 Å². The number of rotatable bonds is 6. The van der Waals surface area contributed by atoms with Crippen molar-refractivity contribution in [3.8, 4) is 12.3 Å². The van der Waals surface area contributed by atoms with Gasteiger partial charge in [-0.3, -0.25) is 4.68 Å². The number of amides is 2. The molecule has 3 N–H and O–H groups in total. The molecule has 0 fully saturated rings. The van der Waals surface area contributed by atoms with Crippen LogP contribution < -0.4 is 10.6 Å². The van der Waals surface area contributed by atoms with E-state index in [1.807, 2.05) is 13.1 Å². The number of nitrogens with zero attached hydrogens (tertiary/aromatic N) is 2. The maximum absolute atomic E-state index is 11.6. The second-order valence-electron chi connectivity index (χ2n) is 4.25. The van der Waals surface area contributed by atoms with E-state index in [0.717, 1.165) is 17.7 Å². The number of aliphatic carboxylic acids is 1. The van der Waals surface area contributed by atoms with Crippen LogP contribution in [0.4, 0.5) is 4.79 Å². The largest absolute Gasteiger partial charge is 0.480 e. The van der Waals surface area contributed by atoms with Gasteiger partial charge in [0, 0.05) is 31.8 Å².